The van der Waals surface area contributed by atoms with Gasteiger partial charge in [-0.3, -0.25) is 9.59 Å². The number of carbonyl (C=O) groups is 2. The molecule has 1 heterocycles. The SMILES string of the molecule is C=CC1CCC(OC[C@@H]2CCCN2C(=O)CCCCCOC(CC(CO)[C@@H](C)O)[C@H](CO)NC(C)=O)CC1. The quantitative estimate of drug-likeness (QED) is 0.155. The monoisotopic (exact) mass is 540 g/mol. The van der Waals surface area contributed by atoms with Gasteiger partial charge in [0.1, 0.15) is 0 Å². The summed E-state index contributed by atoms with van der Waals surface area (Å²) in [6.07, 6.45) is 10.7. The van der Waals surface area contributed by atoms with Crippen LogP contribution < -0.4 is 5.32 Å². The Morgan fingerprint density at radius 3 is 2.45 bits per heavy atom. The molecule has 2 aliphatic rings. The Bertz CT molecular complexity index is 696. The second-order valence-corrected chi connectivity index (χ2v) is 11.1. The van der Waals surface area contributed by atoms with Gasteiger partial charge in [-0.05, 0) is 70.6 Å². The number of nitrogens with one attached hydrogen (secondary N) is 1. The highest BCUT2D eigenvalue weighted by Crippen LogP contribution is 2.28. The molecule has 9 nitrogen and oxygen atoms in total. The van der Waals surface area contributed by atoms with Crippen LogP contribution in [0.1, 0.15) is 84.5 Å². The van der Waals surface area contributed by atoms with Crippen molar-refractivity contribution >= 4 is 11.8 Å². The van der Waals surface area contributed by atoms with Gasteiger partial charge in [-0.1, -0.05) is 12.5 Å². The van der Waals surface area contributed by atoms with E-state index in [1.807, 2.05) is 4.90 Å². The van der Waals surface area contributed by atoms with E-state index in [1.54, 1.807) is 6.92 Å². The zero-order valence-electron chi connectivity index (χ0n) is 23.6. The predicted molar refractivity (Wildman–Crippen MR) is 146 cm³/mol. The number of hydrogen-bond donors (Lipinski definition) is 4. The molecule has 220 valence electrons. The van der Waals surface area contributed by atoms with Crippen LogP contribution in [0.15, 0.2) is 12.7 Å². The van der Waals surface area contributed by atoms with Crippen molar-refractivity contribution < 1.29 is 34.4 Å². The molecular weight excluding hydrogens is 488 g/mol. The zero-order valence-corrected chi connectivity index (χ0v) is 23.6. The molecule has 0 aromatic carbocycles. The molecule has 1 aliphatic carbocycles. The lowest BCUT2D eigenvalue weighted by Gasteiger charge is -2.30. The average Bonchev–Trinajstić information content (AvgIpc) is 3.38. The third kappa shape index (κ3) is 11.3. The molecule has 9 heteroatoms. The highest BCUT2D eigenvalue weighted by Gasteiger charge is 2.30. The minimum atomic E-state index is -0.735. The predicted octanol–water partition coefficient (Wildman–Crippen LogP) is 2.56. The molecular formula is C29H52N2O7. The van der Waals surface area contributed by atoms with Crippen molar-refractivity contribution in [1.29, 1.82) is 0 Å². The van der Waals surface area contributed by atoms with Crippen LogP contribution in [0.2, 0.25) is 0 Å². The van der Waals surface area contributed by atoms with E-state index < -0.39 is 24.2 Å². The molecule has 2 rings (SSSR count). The Hall–Kier alpha value is -1.52. The molecule has 2 fully saturated rings. The second kappa shape index (κ2) is 17.9. The number of nitrogens with zero attached hydrogens (tertiary/aromatic N) is 1. The summed E-state index contributed by atoms with van der Waals surface area (Å²) in [4.78, 5) is 26.4. The van der Waals surface area contributed by atoms with Crippen LogP contribution in [0.3, 0.4) is 0 Å². The smallest absolute Gasteiger partial charge is 0.222 e. The maximum absolute atomic E-state index is 12.9. The first-order chi connectivity index (χ1) is 18.3. The van der Waals surface area contributed by atoms with E-state index in [9.17, 15) is 24.9 Å². The Morgan fingerprint density at radius 1 is 1.11 bits per heavy atom. The van der Waals surface area contributed by atoms with Crippen molar-refractivity contribution in [3.8, 4) is 0 Å². The molecule has 0 aromatic rings. The Kier molecular flexibility index (Phi) is 15.4. The lowest BCUT2D eigenvalue weighted by Crippen LogP contribution is -2.48. The van der Waals surface area contributed by atoms with E-state index in [2.05, 4.69) is 18.0 Å². The van der Waals surface area contributed by atoms with Gasteiger partial charge in [-0.15, -0.1) is 6.58 Å². The molecule has 2 unspecified atom stereocenters. The highest BCUT2D eigenvalue weighted by atomic mass is 16.5. The van der Waals surface area contributed by atoms with Crippen LogP contribution in [0.5, 0.6) is 0 Å². The number of amides is 2. The summed E-state index contributed by atoms with van der Waals surface area (Å²) in [5.74, 6) is 0.115. The maximum atomic E-state index is 12.9. The van der Waals surface area contributed by atoms with E-state index >= 15 is 0 Å². The first-order valence-corrected chi connectivity index (χ1v) is 14.6. The van der Waals surface area contributed by atoms with Gasteiger partial charge in [0.15, 0.2) is 0 Å². The van der Waals surface area contributed by atoms with E-state index in [0.29, 0.717) is 38.1 Å². The van der Waals surface area contributed by atoms with E-state index in [-0.39, 0.29) is 31.1 Å². The number of hydrogen-bond acceptors (Lipinski definition) is 7. The summed E-state index contributed by atoms with van der Waals surface area (Å²) >= 11 is 0. The number of carbonyl (C=O) groups excluding carboxylic acids is 2. The zero-order chi connectivity index (χ0) is 27.9. The molecule has 5 atom stereocenters. The largest absolute Gasteiger partial charge is 0.396 e. The fourth-order valence-electron chi connectivity index (χ4n) is 5.60. The third-order valence-corrected chi connectivity index (χ3v) is 8.13. The molecule has 0 bridgehead atoms. The fraction of sp³-hybridized carbons (Fsp3) is 0.862. The van der Waals surface area contributed by atoms with Gasteiger partial charge in [-0.2, -0.15) is 0 Å². The summed E-state index contributed by atoms with van der Waals surface area (Å²) in [5.41, 5.74) is 0. The van der Waals surface area contributed by atoms with Crippen molar-refractivity contribution in [2.24, 2.45) is 11.8 Å². The van der Waals surface area contributed by atoms with Crippen molar-refractivity contribution in [2.75, 3.05) is 33.0 Å². The molecule has 1 saturated carbocycles. The molecule has 38 heavy (non-hydrogen) atoms. The van der Waals surface area contributed by atoms with Crippen LogP contribution in [-0.2, 0) is 19.1 Å². The normalized spacial score (nSPS) is 25.0. The third-order valence-electron chi connectivity index (χ3n) is 8.13. The Morgan fingerprint density at radius 2 is 1.84 bits per heavy atom. The Labute approximate surface area is 228 Å². The number of aliphatic hydroxyl groups is 3. The van der Waals surface area contributed by atoms with Gasteiger partial charge in [-0.25, -0.2) is 0 Å². The second-order valence-electron chi connectivity index (χ2n) is 11.1. The van der Waals surface area contributed by atoms with E-state index in [1.165, 1.54) is 6.92 Å². The molecule has 0 spiro atoms. The van der Waals surface area contributed by atoms with Gasteiger partial charge < -0.3 is 35.0 Å². The molecule has 1 aliphatic heterocycles. The minimum absolute atomic E-state index is 0.182. The molecule has 0 aromatic heterocycles. The summed E-state index contributed by atoms with van der Waals surface area (Å²) in [6, 6.07) is -0.436. The maximum Gasteiger partial charge on any atom is 0.222 e. The van der Waals surface area contributed by atoms with Gasteiger partial charge in [0, 0.05) is 39.0 Å². The Balaban J connectivity index is 1.70. The first kappa shape index (κ1) is 32.7. The van der Waals surface area contributed by atoms with Crippen LogP contribution in [0.25, 0.3) is 0 Å². The van der Waals surface area contributed by atoms with E-state index in [4.69, 9.17) is 9.47 Å². The van der Waals surface area contributed by atoms with Crippen LogP contribution in [0, 0.1) is 11.8 Å². The van der Waals surface area contributed by atoms with Crippen LogP contribution in [-0.4, -0.2) is 95.4 Å². The van der Waals surface area contributed by atoms with Gasteiger partial charge >= 0.3 is 0 Å². The van der Waals surface area contributed by atoms with Crippen molar-refractivity contribution in [1.82, 2.24) is 10.2 Å². The molecule has 1 saturated heterocycles. The minimum Gasteiger partial charge on any atom is -0.396 e. The number of unbranched alkanes of at least 4 members (excludes halogenated alkanes) is 2. The van der Waals surface area contributed by atoms with E-state index in [0.717, 1.165) is 64.3 Å². The number of likely N-dealkylation sites (tertiary alicyclic amines) is 1. The topological polar surface area (TPSA) is 129 Å². The van der Waals surface area contributed by atoms with Gasteiger partial charge in [0.2, 0.25) is 11.8 Å². The summed E-state index contributed by atoms with van der Waals surface area (Å²) in [5, 5.41) is 31.9. The molecule has 2 amide bonds. The van der Waals surface area contributed by atoms with Crippen molar-refractivity contribution in [3.05, 3.63) is 12.7 Å². The lowest BCUT2D eigenvalue weighted by atomic mass is 9.87. The number of aliphatic hydroxyl groups excluding tert-OH is 3. The number of rotatable bonds is 18. The molecule has 0 radical (unpaired) electrons. The standard InChI is InChI=1S/C29H52N2O7/c1-4-23-11-13-26(14-12-23)38-20-25-9-8-15-31(25)29(36)10-6-5-7-16-37-28(17-24(18-32)21(2)34)27(19-33)30-22(3)35/h4,21,23-28,32-34H,1,5-20H2,2-3H3,(H,30,35)/t21-,23?,24?,25+,26?,27+,28?/m1/s1. The average molecular weight is 541 g/mol. The fourth-order valence-corrected chi connectivity index (χ4v) is 5.60. The van der Waals surface area contributed by atoms with Crippen molar-refractivity contribution in [3.63, 3.8) is 0 Å². The number of ether oxygens (including phenoxy) is 2. The van der Waals surface area contributed by atoms with Crippen molar-refractivity contribution in [2.45, 2.75) is 115 Å². The summed E-state index contributed by atoms with van der Waals surface area (Å²) in [6.45, 7) is 8.22. The summed E-state index contributed by atoms with van der Waals surface area (Å²) in [7, 11) is 0. The van der Waals surface area contributed by atoms with Gasteiger partial charge in [0.05, 0.1) is 43.6 Å². The van der Waals surface area contributed by atoms with Crippen LogP contribution >= 0.6 is 0 Å². The highest BCUT2D eigenvalue weighted by molar-refractivity contribution is 5.76. The van der Waals surface area contributed by atoms with Gasteiger partial charge in [0.25, 0.3) is 0 Å². The first-order valence-electron chi connectivity index (χ1n) is 14.6. The number of allylic oxidation sites excluding steroid dienone is 1. The molecule has 4 N–H and O–H groups in total. The summed E-state index contributed by atoms with van der Waals surface area (Å²) < 4.78 is 12.2. The van der Waals surface area contributed by atoms with Crippen LogP contribution in [0.4, 0.5) is 0 Å². The lowest BCUT2D eigenvalue weighted by molar-refractivity contribution is -0.134.